The van der Waals surface area contributed by atoms with Gasteiger partial charge in [0.15, 0.2) is 51.0 Å². The van der Waals surface area contributed by atoms with Gasteiger partial charge in [-0.05, 0) is 112 Å². The number of benzene rings is 4. The van der Waals surface area contributed by atoms with Crippen LogP contribution in [0.4, 0.5) is 0 Å². The molecule has 4 rings (SSSR count). The van der Waals surface area contributed by atoms with Crippen LogP contribution in [0.1, 0.15) is 233 Å². The molecule has 0 aliphatic rings. The van der Waals surface area contributed by atoms with Gasteiger partial charge in [-0.15, -0.1) is 0 Å². The molecule has 0 saturated heterocycles. The van der Waals surface area contributed by atoms with E-state index in [-0.39, 0.29) is 112 Å². The number of likely N-dealkylation sites (N-methyl/N-ethyl adjacent to an activating group) is 4. The molecule has 472 valence electrons. The van der Waals surface area contributed by atoms with Crippen LogP contribution in [0, 0.1) is 0 Å². The predicted molar refractivity (Wildman–Crippen MR) is 360 cm³/mol. The van der Waals surface area contributed by atoms with Crippen molar-refractivity contribution in [3.8, 4) is 23.0 Å². The normalized spacial score (nSPS) is 12.8. The van der Waals surface area contributed by atoms with E-state index in [9.17, 15) is 20.4 Å². The van der Waals surface area contributed by atoms with Crippen molar-refractivity contribution in [2.75, 3.05) is 80.5 Å². The molecule has 12 nitrogen and oxygen atoms in total. The zero-order chi connectivity index (χ0) is 65.0. The molecular weight excluding hydrogens is 1090 g/mol. The summed E-state index contributed by atoms with van der Waals surface area (Å²) in [6, 6.07) is 16.4. The third-order valence-electron chi connectivity index (χ3n) is 14.5. The topological polar surface area (TPSA) is 215 Å². The Morgan fingerprint density at radius 1 is 0.279 bits per heavy atom. The van der Waals surface area contributed by atoms with Crippen LogP contribution >= 0.6 is 0 Å². The number of quaternary nitrogens is 4. The Morgan fingerprint density at radius 2 is 0.430 bits per heavy atom. The monoisotopic (exact) mass is 1210 g/mol. The van der Waals surface area contributed by atoms with Crippen molar-refractivity contribution in [3.05, 3.63) is 115 Å². The summed E-state index contributed by atoms with van der Waals surface area (Å²) in [6.45, 7) is 58.8. The van der Waals surface area contributed by atoms with Gasteiger partial charge in [0.25, 0.3) is 0 Å². The number of hydrogen-bond donors (Lipinski definition) is 8. The molecular formula is C72H124Mg2N8O4+8. The molecule has 12 N–H and O–H groups in total. The van der Waals surface area contributed by atoms with Crippen LogP contribution in [-0.4, -0.2) is 152 Å². The van der Waals surface area contributed by atoms with Crippen molar-refractivity contribution in [3.63, 3.8) is 0 Å². The minimum Gasteiger partial charge on any atom is -0.872 e. The van der Waals surface area contributed by atoms with Gasteiger partial charge in [0.1, 0.15) is 26.2 Å². The first-order chi connectivity index (χ1) is 38.3. The first-order valence-corrected chi connectivity index (χ1v) is 31.1. The maximum absolute atomic E-state index is 12.7. The van der Waals surface area contributed by atoms with Crippen LogP contribution in [-0.2, 0) is 43.3 Å². The first kappa shape index (κ1) is 84.2. The van der Waals surface area contributed by atoms with Crippen LogP contribution in [0.25, 0.3) is 0 Å². The Morgan fingerprint density at radius 3 is 0.547 bits per heavy atom. The molecule has 0 unspecified atom stereocenters. The molecule has 0 aliphatic carbocycles. The Bertz CT molecular complexity index is 2420. The van der Waals surface area contributed by atoms with Gasteiger partial charge in [-0.3, -0.25) is 0 Å². The zero-order valence-corrected chi connectivity index (χ0v) is 62.8. The van der Waals surface area contributed by atoms with E-state index in [0.29, 0.717) is 0 Å². The minimum atomic E-state index is -0.141. The minimum absolute atomic E-state index is 0. The maximum Gasteiger partial charge on any atom is 2.00 e. The van der Waals surface area contributed by atoms with Gasteiger partial charge in [0.2, 0.25) is 0 Å². The molecule has 0 spiro atoms. The fraction of sp³-hybridized carbons (Fsp3) is 0.611. The van der Waals surface area contributed by atoms with E-state index in [1.165, 1.54) is 22.3 Å². The van der Waals surface area contributed by atoms with E-state index in [4.69, 9.17) is 0 Å². The molecule has 4 aromatic carbocycles. The molecule has 0 radical (unpaired) electrons. The molecule has 0 aliphatic heterocycles. The van der Waals surface area contributed by atoms with Crippen molar-refractivity contribution in [1.29, 1.82) is 0 Å². The fourth-order valence-electron chi connectivity index (χ4n) is 8.63. The van der Waals surface area contributed by atoms with Crippen molar-refractivity contribution in [1.82, 2.24) is 0 Å². The summed E-state index contributed by atoms with van der Waals surface area (Å²) in [5, 5.41) is 59.2. The SMILES string of the molecule is C[NH2+]CC[NH+]=Cc1cc(C(C)(C)C)cc(C(C)(C)C)c1[O-].C[NH2+]CC[NH+]=Cc1cc(C(C)(C)C)cc(C(C)(C)C)c1[O-].C[NH2+]CC[NH+]=Cc1cc(C(C)(C)C)cc(C(C)(C)C)c1[O-].C[NH2+]CC[NH+]=Cc1cc(C(C)(C)C)cc(C(C)(C)C)c1[O-].[Mg+2].[Mg+2]. The smallest absolute Gasteiger partial charge is 0.872 e. The van der Waals surface area contributed by atoms with Gasteiger partial charge < -0.3 is 41.7 Å². The molecule has 0 bridgehead atoms. The summed E-state index contributed by atoms with van der Waals surface area (Å²) < 4.78 is 0. The third kappa shape index (κ3) is 28.7. The molecule has 4 aromatic rings. The van der Waals surface area contributed by atoms with E-state index < -0.39 is 0 Å². The van der Waals surface area contributed by atoms with E-state index in [0.717, 1.165) is 96.9 Å². The summed E-state index contributed by atoms with van der Waals surface area (Å²) in [5.74, 6) is 0.568. The maximum atomic E-state index is 12.7. The third-order valence-corrected chi connectivity index (χ3v) is 14.5. The molecule has 0 fully saturated rings. The molecule has 0 saturated carbocycles. The number of nitrogens with one attached hydrogen (secondary N) is 4. The summed E-state index contributed by atoms with van der Waals surface area (Å²) in [6.07, 6.45) is 7.49. The van der Waals surface area contributed by atoms with E-state index in [1.807, 2.05) is 77.3 Å². The van der Waals surface area contributed by atoms with Gasteiger partial charge in [0, 0.05) is 22.3 Å². The summed E-state index contributed by atoms with van der Waals surface area (Å²) >= 11 is 0. The fourth-order valence-corrected chi connectivity index (χ4v) is 8.63. The van der Waals surface area contributed by atoms with Gasteiger partial charge in [-0.1, -0.05) is 213 Å². The molecule has 0 atom stereocenters. The standard InChI is InChI=1S/4C18H30N2O.2Mg/c4*1-17(2,3)14-10-13(12-20-9-8-19-7)16(21)15(11-14)18(4,5)6;;/h4*10-12,19,21H,8-9H2,1-7H3;;/q;;;;2*+2/p+4. The van der Waals surface area contributed by atoms with Crippen LogP contribution in [0.15, 0.2) is 48.5 Å². The quantitative estimate of drug-likeness (QED) is 0.0421. The molecule has 14 heteroatoms. The second-order valence-electron chi connectivity index (χ2n) is 31.0. The predicted octanol–water partition coefficient (Wildman–Crippen LogP) is -0.570. The van der Waals surface area contributed by atoms with Crippen LogP contribution in [0.3, 0.4) is 0 Å². The number of rotatable bonds is 16. The van der Waals surface area contributed by atoms with Crippen LogP contribution < -0.4 is 61.7 Å². The first-order valence-electron chi connectivity index (χ1n) is 31.1. The van der Waals surface area contributed by atoms with E-state index in [2.05, 4.69) is 232 Å². The van der Waals surface area contributed by atoms with Crippen molar-refractivity contribution in [2.24, 2.45) is 0 Å². The van der Waals surface area contributed by atoms with Gasteiger partial charge in [-0.25, -0.2) is 20.0 Å². The summed E-state index contributed by atoms with van der Waals surface area (Å²) in [5.41, 5.74) is 11.1. The average Bonchev–Trinajstić information content (AvgIpc) is 1.11. The summed E-state index contributed by atoms with van der Waals surface area (Å²) in [7, 11) is 8.16. The zero-order valence-electron chi connectivity index (χ0n) is 59.9. The second kappa shape index (κ2) is 36.1. The van der Waals surface area contributed by atoms with Crippen LogP contribution in [0.5, 0.6) is 23.0 Å². The number of nitrogens with two attached hydrogens (primary N) is 4. The van der Waals surface area contributed by atoms with Crippen molar-refractivity contribution in [2.45, 2.75) is 209 Å². The Hall–Kier alpha value is -3.87. The van der Waals surface area contributed by atoms with Gasteiger partial charge in [-0.2, -0.15) is 0 Å². The Balaban J connectivity index is 0. The largest absolute Gasteiger partial charge is 2.00 e. The molecule has 86 heavy (non-hydrogen) atoms. The van der Waals surface area contributed by atoms with Crippen LogP contribution in [0.2, 0.25) is 0 Å². The van der Waals surface area contributed by atoms with Crippen molar-refractivity contribution < 1.29 is 61.7 Å². The van der Waals surface area contributed by atoms with Gasteiger partial charge >= 0.3 is 46.1 Å². The van der Waals surface area contributed by atoms with E-state index in [1.54, 1.807) is 0 Å². The van der Waals surface area contributed by atoms with Crippen molar-refractivity contribution >= 4 is 71.0 Å². The molecule has 0 heterocycles. The average molecular weight is 1210 g/mol. The molecule has 0 amide bonds. The van der Waals surface area contributed by atoms with Gasteiger partial charge in [0.05, 0.1) is 28.2 Å². The molecule has 0 aromatic heterocycles. The summed E-state index contributed by atoms with van der Waals surface area (Å²) in [4.78, 5) is 13.0. The Kier molecular flexibility index (Phi) is 35.3. The second-order valence-corrected chi connectivity index (χ2v) is 31.0. The van der Waals surface area contributed by atoms with E-state index >= 15 is 0 Å². The Labute approximate surface area is 557 Å². The number of hydrogen-bond acceptors (Lipinski definition) is 4.